The van der Waals surface area contributed by atoms with Crippen molar-refractivity contribution in [1.82, 2.24) is 15.4 Å². The molecule has 7 nitrogen and oxygen atoms in total. The molecule has 3 aromatic rings. The summed E-state index contributed by atoms with van der Waals surface area (Å²) in [5.41, 5.74) is 4.09. The molecule has 3 N–H and O–H groups in total. The quantitative estimate of drug-likeness (QED) is 0.613. The fourth-order valence-electron chi connectivity index (χ4n) is 2.50. The summed E-state index contributed by atoms with van der Waals surface area (Å²) in [6.45, 7) is 0.530. The molecule has 112 valence electrons. The Bertz CT molecular complexity index is 983. The zero-order valence-corrected chi connectivity index (χ0v) is 13.3. The first-order chi connectivity index (χ1) is 11.3. The number of halogens is 1. The zero-order valence-electron chi connectivity index (χ0n) is 11.8. The molecule has 1 aliphatic heterocycles. The fourth-order valence-corrected chi connectivity index (χ4v) is 2.87. The van der Waals surface area contributed by atoms with E-state index in [1.54, 1.807) is 6.07 Å². The maximum absolute atomic E-state index is 9.28. The second-order valence-corrected chi connectivity index (χ2v) is 5.82. The molecule has 0 radical (unpaired) electrons. The minimum atomic E-state index is 0.462. The van der Waals surface area contributed by atoms with E-state index >= 15 is 0 Å². The van der Waals surface area contributed by atoms with Gasteiger partial charge in [-0.1, -0.05) is 12.1 Å². The van der Waals surface area contributed by atoms with Gasteiger partial charge in [0.2, 0.25) is 0 Å². The van der Waals surface area contributed by atoms with E-state index in [9.17, 15) is 5.26 Å². The fraction of sp³-hybridized carbons (Fsp3) is 0.0667. The number of aliphatic imine (C=N–C) groups is 1. The Labute approximate surface area is 139 Å². The molecule has 23 heavy (non-hydrogen) atoms. The van der Waals surface area contributed by atoms with E-state index in [0.717, 1.165) is 27.4 Å². The normalized spacial score (nSPS) is 14.9. The standard InChI is InChI=1S/C15H10BrN7/c16-9-3-1-2-4-10(9)19-12-7-18-14-11(20-12)5-8(6-17)13-15(14)22-23-21-13/h1-5,18H,7H2,(H,19,20)(H,21,22,23). The van der Waals surface area contributed by atoms with Crippen LogP contribution >= 0.6 is 15.9 Å². The molecule has 2 heterocycles. The van der Waals surface area contributed by atoms with Crippen molar-refractivity contribution in [3.05, 3.63) is 40.4 Å². The van der Waals surface area contributed by atoms with Gasteiger partial charge in [-0.3, -0.25) is 0 Å². The molecule has 0 bridgehead atoms. The number of anilines is 2. The van der Waals surface area contributed by atoms with E-state index in [4.69, 9.17) is 0 Å². The van der Waals surface area contributed by atoms with Crippen molar-refractivity contribution in [2.45, 2.75) is 0 Å². The number of nitriles is 1. The van der Waals surface area contributed by atoms with Gasteiger partial charge in [0.15, 0.2) is 0 Å². The second kappa shape index (κ2) is 5.37. The lowest BCUT2D eigenvalue weighted by Gasteiger charge is -2.22. The first-order valence-corrected chi connectivity index (χ1v) is 7.66. The predicted octanol–water partition coefficient (Wildman–Crippen LogP) is 3.16. The summed E-state index contributed by atoms with van der Waals surface area (Å²) in [4.78, 5) is 4.61. The van der Waals surface area contributed by atoms with Crippen LogP contribution in [0.25, 0.3) is 11.0 Å². The summed E-state index contributed by atoms with van der Waals surface area (Å²) in [5, 5.41) is 26.6. The summed E-state index contributed by atoms with van der Waals surface area (Å²) < 4.78 is 0.921. The predicted molar refractivity (Wildman–Crippen MR) is 92.0 cm³/mol. The lowest BCUT2D eigenvalue weighted by Crippen LogP contribution is -2.28. The minimum Gasteiger partial charge on any atom is -0.374 e. The number of para-hydroxylation sites is 1. The first kappa shape index (κ1) is 13.7. The van der Waals surface area contributed by atoms with Gasteiger partial charge in [0.1, 0.15) is 22.9 Å². The Balaban J connectivity index is 1.78. The van der Waals surface area contributed by atoms with Crippen molar-refractivity contribution in [1.29, 1.82) is 5.26 Å². The number of aromatic nitrogens is 3. The van der Waals surface area contributed by atoms with Crippen LogP contribution in [0.3, 0.4) is 0 Å². The summed E-state index contributed by atoms with van der Waals surface area (Å²) in [7, 11) is 0. The van der Waals surface area contributed by atoms with Gasteiger partial charge in [-0.15, -0.1) is 0 Å². The molecular formula is C15H10BrN7. The summed E-state index contributed by atoms with van der Waals surface area (Å²) in [6, 6.07) is 11.6. The summed E-state index contributed by atoms with van der Waals surface area (Å²) in [5.74, 6) is 0.760. The number of aromatic amines is 1. The molecule has 0 spiro atoms. The van der Waals surface area contributed by atoms with Crippen LogP contribution in [0.1, 0.15) is 5.56 Å². The number of amidine groups is 1. The van der Waals surface area contributed by atoms with E-state index in [-0.39, 0.29) is 0 Å². The SMILES string of the molecule is N#Cc1cc2c(c3n[nH]nc13)NCC(=Nc1ccccc1Br)N2. The van der Waals surface area contributed by atoms with Crippen LogP contribution in [-0.4, -0.2) is 27.8 Å². The summed E-state index contributed by atoms with van der Waals surface area (Å²) in [6.07, 6.45) is 0. The molecule has 0 atom stereocenters. The number of rotatable bonds is 1. The van der Waals surface area contributed by atoms with Gasteiger partial charge in [-0.2, -0.15) is 20.7 Å². The maximum Gasteiger partial charge on any atom is 0.139 e. The number of fused-ring (bicyclic) bond motifs is 3. The number of benzene rings is 2. The lowest BCUT2D eigenvalue weighted by molar-refractivity contribution is 0.959. The zero-order chi connectivity index (χ0) is 15.8. The van der Waals surface area contributed by atoms with Gasteiger partial charge in [-0.25, -0.2) is 4.99 Å². The van der Waals surface area contributed by atoms with Crippen molar-refractivity contribution >= 4 is 49.9 Å². The van der Waals surface area contributed by atoms with Crippen LogP contribution < -0.4 is 10.6 Å². The third-order valence-corrected chi connectivity index (χ3v) is 4.21. The first-order valence-electron chi connectivity index (χ1n) is 6.87. The molecular weight excluding hydrogens is 358 g/mol. The molecule has 2 aromatic carbocycles. The van der Waals surface area contributed by atoms with Gasteiger partial charge in [-0.05, 0) is 34.1 Å². The van der Waals surface area contributed by atoms with Crippen LogP contribution in [0.5, 0.6) is 0 Å². The second-order valence-electron chi connectivity index (χ2n) is 4.97. The number of hydrogen-bond donors (Lipinski definition) is 3. The number of nitrogens with one attached hydrogen (secondary N) is 3. The van der Waals surface area contributed by atoms with Gasteiger partial charge in [0, 0.05) is 4.47 Å². The third kappa shape index (κ3) is 2.31. The van der Waals surface area contributed by atoms with Crippen LogP contribution in [-0.2, 0) is 0 Å². The summed E-state index contributed by atoms with van der Waals surface area (Å²) >= 11 is 3.48. The smallest absolute Gasteiger partial charge is 0.139 e. The van der Waals surface area contributed by atoms with E-state index in [1.807, 2.05) is 24.3 Å². The van der Waals surface area contributed by atoms with Crippen molar-refractivity contribution in [2.75, 3.05) is 17.2 Å². The van der Waals surface area contributed by atoms with Crippen LogP contribution in [0.2, 0.25) is 0 Å². The monoisotopic (exact) mass is 367 g/mol. The van der Waals surface area contributed by atoms with E-state index in [0.29, 0.717) is 23.1 Å². The topological polar surface area (TPSA) is 102 Å². The van der Waals surface area contributed by atoms with Gasteiger partial charge in [0.25, 0.3) is 0 Å². The average molecular weight is 368 g/mol. The van der Waals surface area contributed by atoms with Crippen LogP contribution in [0.15, 0.2) is 39.8 Å². The number of H-pyrrole nitrogens is 1. The number of hydrogen-bond acceptors (Lipinski definition) is 5. The van der Waals surface area contributed by atoms with Crippen molar-refractivity contribution in [3.8, 4) is 6.07 Å². The third-order valence-electron chi connectivity index (χ3n) is 3.54. The van der Waals surface area contributed by atoms with Crippen LogP contribution in [0.4, 0.5) is 17.1 Å². The van der Waals surface area contributed by atoms with Crippen molar-refractivity contribution < 1.29 is 0 Å². The Kier molecular flexibility index (Phi) is 3.20. The highest BCUT2D eigenvalue weighted by atomic mass is 79.9. The van der Waals surface area contributed by atoms with E-state index in [1.165, 1.54) is 0 Å². The van der Waals surface area contributed by atoms with Crippen LogP contribution in [0, 0.1) is 11.3 Å². The highest BCUT2D eigenvalue weighted by Crippen LogP contribution is 2.34. The number of nitrogens with zero attached hydrogens (tertiary/aromatic N) is 4. The Morgan fingerprint density at radius 2 is 2.04 bits per heavy atom. The highest BCUT2D eigenvalue weighted by molar-refractivity contribution is 9.10. The Morgan fingerprint density at radius 3 is 2.87 bits per heavy atom. The Morgan fingerprint density at radius 1 is 1.22 bits per heavy atom. The highest BCUT2D eigenvalue weighted by Gasteiger charge is 2.20. The van der Waals surface area contributed by atoms with Crippen molar-refractivity contribution in [2.24, 2.45) is 4.99 Å². The van der Waals surface area contributed by atoms with Gasteiger partial charge in [0.05, 0.1) is 29.2 Å². The van der Waals surface area contributed by atoms with E-state index in [2.05, 4.69) is 53.0 Å². The lowest BCUT2D eigenvalue weighted by atomic mass is 10.1. The molecule has 0 saturated heterocycles. The molecule has 0 aliphatic carbocycles. The van der Waals surface area contributed by atoms with Crippen molar-refractivity contribution in [3.63, 3.8) is 0 Å². The molecule has 1 aliphatic rings. The largest absolute Gasteiger partial charge is 0.374 e. The van der Waals surface area contributed by atoms with E-state index < -0.39 is 0 Å². The molecule has 0 unspecified atom stereocenters. The van der Waals surface area contributed by atoms with Gasteiger partial charge < -0.3 is 10.6 Å². The molecule has 8 heteroatoms. The molecule has 0 amide bonds. The molecule has 1 aromatic heterocycles. The molecule has 4 rings (SSSR count). The molecule has 0 fully saturated rings. The Hall–Kier alpha value is -2.92. The average Bonchev–Trinajstić information content (AvgIpc) is 3.06. The minimum absolute atomic E-state index is 0.462. The maximum atomic E-state index is 9.28. The van der Waals surface area contributed by atoms with Gasteiger partial charge >= 0.3 is 0 Å². The molecule has 0 saturated carbocycles.